The van der Waals surface area contributed by atoms with Crippen LogP contribution in [0.1, 0.15) is 17.8 Å². The van der Waals surface area contributed by atoms with E-state index in [2.05, 4.69) is 47.9 Å². The average Bonchev–Trinajstić information content (AvgIpc) is 3.46. The molecule has 0 aliphatic carbocycles. The first-order valence-electron chi connectivity index (χ1n) is 11.8. The minimum atomic E-state index is -0.279. The average molecular weight is 463 g/mol. The summed E-state index contributed by atoms with van der Waals surface area (Å²) in [5.74, 6) is 1.42. The van der Waals surface area contributed by atoms with Gasteiger partial charge < -0.3 is 24.6 Å². The van der Waals surface area contributed by atoms with Crippen LogP contribution in [0, 0.1) is 12.7 Å². The predicted octanol–water partition coefficient (Wildman–Crippen LogP) is 4.31. The first kappa shape index (κ1) is 22.4. The molecule has 1 N–H and O–H groups in total. The lowest BCUT2D eigenvalue weighted by molar-refractivity contribution is 0.145. The van der Waals surface area contributed by atoms with E-state index in [9.17, 15) is 9.18 Å². The van der Waals surface area contributed by atoms with Crippen LogP contribution in [0.4, 0.5) is 20.7 Å². The molecule has 1 aromatic heterocycles. The molecule has 1 atom stereocenters. The van der Waals surface area contributed by atoms with Crippen LogP contribution in [0.2, 0.25) is 0 Å². The largest absolute Gasteiger partial charge is 0.340 e. The molecular formula is C26H31FN6O. The maximum absolute atomic E-state index is 13.6. The molecule has 7 nitrogen and oxygen atoms in total. The van der Waals surface area contributed by atoms with Crippen molar-refractivity contribution in [3.05, 3.63) is 65.7 Å². The summed E-state index contributed by atoms with van der Waals surface area (Å²) in [4.78, 5) is 24.2. The zero-order valence-electron chi connectivity index (χ0n) is 20.0. The van der Waals surface area contributed by atoms with Gasteiger partial charge in [0.25, 0.3) is 0 Å². The summed E-state index contributed by atoms with van der Waals surface area (Å²) in [6.07, 6.45) is 1.00. The molecular weight excluding hydrogens is 431 g/mol. The fourth-order valence-corrected chi connectivity index (χ4v) is 4.74. The Hall–Kier alpha value is -3.39. The standard InChI is InChI=1S/C26H31FN6O/c1-18-4-10-21(11-5-18)28-25-24(19-6-8-20(27)9-7-19)29-23-17-32(14-15-33(23)25)26(34)31-13-12-22(16-31)30(2)3/h4-11,22,28H,12-17H2,1-3H3. The number of nitrogens with zero attached hydrogens (tertiary/aromatic N) is 5. The number of imidazole rings is 1. The number of rotatable bonds is 4. The summed E-state index contributed by atoms with van der Waals surface area (Å²) in [5.41, 5.74) is 3.75. The first-order chi connectivity index (χ1) is 16.4. The molecule has 2 aliphatic rings. The van der Waals surface area contributed by atoms with Crippen LogP contribution in [-0.2, 0) is 13.1 Å². The second kappa shape index (κ2) is 9.10. The predicted molar refractivity (Wildman–Crippen MR) is 132 cm³/mol. The van der Waals surface area contributed by atoms with Gasteiger partial charge in [0.15, 0.2) is 0 Å². The van der Waals surface area contributed by atoms with Gasteiger partial charge in [0.2, 0.25) is 0 Å². The van der Waals surface area contributed by atoms with E-state index in [0.717, 1.165) is 48.1 Å². The number of hydrogen-bond donors (Lipinski definition) is 1. The zero-order chi connectivity index (χ0) is 23.8. The lowest BCUT2D eigenvalue weighted by atomic mass is 10.1. The molecule has 2 aliphatic heterocycles. The van der Waals surface area contributed by atoms with Crippen molar-refractivity contribution in [3.63, 3.8) is 0 Å². The number of carbonyl (C=O) groups is 1. The molecule has 0 spiro atoms. The molecule has 5 rings (SSSR count). The van der Waals surface area contributed by atoms with Crippen molar-refractivity contribution in [2.75, 3.05) is 39.0 Å². The van der Waals surface area contributed by atoms with Gasteiger partial charge in [-0.05, 0) is 63.8 Å². The van der Waals surface area contributed by atoms with Crippen molar-refractivity contribution in [1.29, 1.82) is 0 Å². The zero-order valence-corrected chi connectivity index (χ0v) is 20.0. The first-order valence-corrected chi connectivity index (χ1v) is 11.8. The molecule has 0 saturated carbocycles. The summed E-state index contributed by atoms with van der Waals surface area (Å²) >= 11 is 0. The quantitative estimate of drug-likeness (QED) is 0.628. The molecule has 1 unspecified atom stereocenters. The van der Waals surface area contributed by atoms with Crippen molar-refractivity contribution >= 4 is 17.5 Å². The number of nitrogens with one attached hydrogen (secondary N) is 1. The molecule has 0 bridgehead atoms. The SMILES string of the molecule is Cc1ccc(Nc2c(-c3ccc(F)cc3)nc3n2CCN(C(=O)N2CCC(N(C)C)C2)C3)cc1. The summed E-state index contributed by atoms with van der Waals surface area (Å²) in [6, 6.07) is 15.1. The number of anilines is 2. The molecule has 1 saturated heterocycles. The van der Waals surface area contributed by atoms with E-state index in [-0.39, 0.29) is 11.8 Å². The van der Waals surface area contributed by atoms with Crippen LogP contribution in [0.25, 0.3) is 11.3 Å². The number of carbonyl (C=O) groups excluding carboxylic acids is 1. The van der Waals surface area contributed by atoms with E-state index < -0.39 is 0 Å². The maximum atomic E-state index is 13.6. The summed E-state index contributed by atoms with van der Waals surface area (Å²) in [7, 11) is 4.13. The van der Waals surface area contributed by atoms with Gasteiger partial charge in [-0.15, -0.1) is 0 Å². The number of halogens is 1. The van der Waals surface area contributed by atoms with Gasteiger partial charge >= 0.3 is 6.03 Å². The minimum Gasteiger partial charge on any atom is -0.340 e. The number of likely N-dealkylation sites (N-methyl/N-ethyl adjacent to an activating group) is 1. The number of amides is 2. The molecule has 2 aromatic carbocycles. The van der Waals surface area contributed by atoms with E-state index in [1.807, 2.05) is 21.9 Å². The lowest BCUT2D eigenvalue weighted by Crippen LogP contribution is -2.46. The highest BCUT2D eigenvalue weighted by molar-refractivity contribution is 5.78. The summed E-state index contributed by atoms with van der Waals surface area (Å²) in [6.45, 7) is 5.32. The normalized spacial score (nSPS) is 17.9. The van der Waals surface area contributed by atoms with E-state index in [0.29, 0.717) is 25.7 Å². The van der Waals surface area contributed by atoms with Gasteiger partial charge in [0.1, 0.15) is 23.2 Å². The number of urea groups is 1. The molecule has 3 heterocycles. The second-order valence-electron chi connectivity index (χ2n) is 9.43. The highest BCUT2D eigenvalue weighted by atomic mass is 19.1. The topological polar surface area (TPSA) is 56.6 Å². The van der Waals surface area contributed by atoms with Gasteiger partial charge in [0.05, 0.1) is 6.54 Å². The maximum Gasteiger partial charge on any atom is 0.320 e. The Kier molecular flexibility index (Phi) is 6.00. The Morgan fingerprint density at radius 2 is 1.76 bits per heavy atom. The summed E-state index contributed by atoms with van der Waals surface area (Å²) < 4.78 is 15.7. The molecule has 178 valence electrons. The molecule has 8 heteroatoms. The third kappa shape index (κ3) is 4.37. The molecule has 0 radical (unpaired) electrons. The van der Waals surface area contributed by atoms with E-state index >= 15 is 0 Å². The fraction of sp³-hybridized carbons (Fsp3) is 0.385. The Morgan fingerprint density at radius 1 is 1.03 bits per heavy atom. The fourth-order valence-electron chi connectivity index (χ4n) is 4.74. The van der Waals surface area contributed by atoms with Crippen molar-refractivity contribution in [2.24, 2.45) is 0 Å². The highest BCUT2D eigenvalue weighted by Gasteiger charge is 2.33. The second-order valence-corrected chi connectivity index (χ2v) is 9.43. The third-order valence-corrected chi connectivity index (χ3v) is 6.84. The molecule has 2 amide bonds. The molecule has 3 aromatic rings. The van der Waals surface area contributed by atoms with Gasteiger partial charge in [-0.2, -0.15) is 0 Å². The van der Waals surface area contributed by atoms with Crippen LogP contribution in [0.5, 0.6) is 0 Å². The monoisotopic (exact) mass is 462 g/mol. The van der Waals surface area contributed by atoms with Gasteiger partial charge in [-0.25, -0.2) is 14.2 Å². The minimum absolute atomic E-state index is 0.0787. The summed E-state index contributed by atoms with van der Waals surface area (Å²) in [5, 5.41) is 3.53. The third-order valence-electron chi connectivity index (χ3n) is 6.84. The number of likely N-dealkylation sites (tertiary alicyclic amines) is 1. The number of aryl methyl sites for hydroxylation is 1. The van der Waals surface area contributed by atoms with Gasteiger partial charge in [-0.3, -0.25) is 0 Å². The number of benzene rings is 2. The van der Waals surface area contributed by atoms with Crippen LogP contribution >= 0.6 is 0 Å². The van der Waals surface area contributed by atoms with E-state index in [1.165, 1.54) is 17.7 Å². The number of aromatic nitrogens is 2. The van der Waals surface area contributed by atoms with Gasteiger partial charge in [0, 0.05) is 43.5 Å². The van der Waals surface area contributed by atoms with Crippen LogP contribution in [0.15, 0.2) is 48.5 Å². The number of hydrogen-bond acceptors (Lipinski definition) is 4. The van der Waals surface area contributed by atoms with Gasteiger partial charge in [-0.1, -0.05) is 17.7 Å². The smallest absolute Gasteiger partial charge is 0.320 e. The Bertz CT molecular complexity index is 1170. The molecule has 34 heavy (non-hydrogen) atoms. The van der Waals surface area contributed by atoms with E-state index in [1.54, 1.807) is 12.1 Å². The van der Waals surface area contributed by atoms with Crippen LogP contribution in [-0.4, -0.2) is 70.1 Å². The van der Waals surface area contributed by atoms with Crippen molar-refractivity contribution < 1.29 is 9.18 Å². The number of fused-ring (bicyclic) bond motifs is 1. The highest BCUT2D eigenvalue weighted by Crippen LogP contribution is 2.33. The van der Waals surface area contributed by atoms with Crippen molar-refractivity contribution in [3.8, 4) is 11.3 Å². The lowest BCUT2D eigenvalue weighted by Gasteiger charge is -2.32. The van der Waals surface area contributed by atoms with E-state index in [4.69, 9.17) is 4.98 Å². The van der Waals surface area contributed by atoms with Crippen molar-refractivity contribution in [2.45, 2.75) is 32.5 Å². The Balaban J connectivity index is 1.43. The van der Waals surface area contributed by atoms with Crippen LogP contribution in [0.3, 0.4) is 0 Å². The Labute approximate surface area is 199 Å². The van der Waals surface area contributed by atoms with Crippen molar-refractivity contribution in [1.82, 2.24) is 24.3 Å². The Morgan fingerprint density at radius 3 is 2.44 bits per heavy atom. The molecule has 1 fully saturated rings. The van der Waals surface area contributed by atoms with Crippen LogP contribution < -0.4 is 5.32 Å².